The molecule has 0 spiro atoms. The van der Waals surface area contributed by atoms with Crippen LogP contribution in [0, 0.1) is 6.92 Å². The maximum absolute atomic E-state index is 11.8. The Bertz CT molecular complexity index is 702. The van der Waals surface area contributed by atoms with E-state index in [9.17, 15) is 14.4 Å². The Morgan fingerprint density at radius 3 is 2.85 bits per heavy atom. The van der Waals surface area contributed by atoms with Gasteiger partial charge >= 0.3 is 5.97 Å². The largest absolute Gasteiger partial charge is 0.480 e. The Labute approximate surface area is 115 Å². The second-order valence-corrected chi connectivity index (χ2v) is 4.62. The van der Waals surface area contributed by atoms with E-state index in [-0.39, 0.29) is 10.9 Å². The van der Waals surface area contributed by atoms with Crippen LogP contribution in [0.25, 0.3) is 0 Å². The zero-order valence-corrected chi connectivity index (χ0v) is 11.0. The predicted octanol–water partition coefficient (Wildman–Crippen LogP) is -0.747. The molecule has 106 valence electrons. The Morgan fingerprint density at radius 1 is 1.50 bits per heavy atom. The van der Waals surface area contributed by atoms with Crippen molar-refractivity contribution in [3.8, 4) is 0 Å². The Balaban J connectivity index is 2.04. The molecule has 0 amide bonds. The number of carboxylic acids is 1. The van der Waals surface area contributed by atoms with Gasteiger partial charge in [-0.1, -0.05) is 11.8 Å². The van der Waals surface area contributed by atoms with Gasteiger partial charge in [-0.2, -0.15) is 0 Å². The highest BCUT2D eigenvalue weighted by Crippen LogP contribution is 2.13. The summed E-state index contributed by atoms with van der Waals surface area (Å²) in [7, 11) is 0. The molecule has 0 aliphatic heterocycles. The fraction of sp³-hybridized carbons (Fsp3) is 0.333. The normalized spacial score (nSPS) is 10.7. The van der Waals surface area contributed by atoms with Gasteiger partial charge in [-0.05, 0) is 17.4 Å². The van der Waals surface area contributed by atoms with Crippen molar-refractivity contribution in [2.75, 3.05) is 5.75 Å². The highest BCUT2D eigenvalue weighted by molar-refractivity contribution is 7.99. The van der Waals surface area contributed by atoms with E-state index in [4.69, 9.17) is 9.63 Å². The van der Waals surface area contributed by atoms with Crippen LogP contribution in [-0.4, -0.2) is 47.7 Å². The van der Waals surface area contributed by atoms with Crippen molar-refractivity contribution < 1.29 is 19.2 Å². The van der Waals surface area contributed by atoms with Crippen LogP contribution >= 0.6 is 11.8 Å². The third-order valence-corrected chi connectivity index (χ3v) is 3.04. The molecule has 2 aromatic heterocycles. The Hall–Kier alpha value is -2.43. The summed E-state index contributed by atoms with van der Waals surface area (Å²) in [6, 6.07) is 1.19. The van der Waals surface area contributed by atoms with E-state index in [0.29, 0.717) is 10.5 Å². The molecule has 0 atom stereocenters. The number of hydrogen-bond donors (Lipinski definition) is 1. The van der Waals surface area contributed by atoms with E-state index in [1.165, 1.54) is 6.07 Å². The molecule has 2 rings (SSSR count). The number of thioether (sulfide) groups is 1. The van der Waals surface area contributed by atoms with Gasteiger partial charge in [-0.3, -0.25) is 14.4 Å². The van der Waals surface area contributed by atoms with Crippen molar-refractivity contribution in [1.29, 1.82) is 0 Å². The molecule has 0 aliphatic carbocycles. The number of hydrogen-bond acceptors (Lipinski definition) is 8. The van der Waals surface area contributed by atoms with E-state index in [1.807, 2.05) is 0 Å². The van der Waals surface area contributed by atoms with Crippen molar-refractivity contribution in [3.63, 3.8) is 0 Å². The molecule has 0 radical (unpaired) electrons. The van der Waals surface area contributed by atoms with Crippen molar-refractivity contribution in [3.05, 3.63) is 22.2 Å². The third kappa shape index (κ3) is 3.12. The first kappa shape index (κ1) is 14.0. The van der Waals surface area contributed by atoms with Crippen LogP contribution in [0.1, 0.15) is 10.6 Å². The van der Waals surface area contributed by atoms with E-state index < -0.39 is 24.0 Å². The molecule has 0 saturated carbocycles. The quantitative estimate of drug-likeness (QED) is 0.708. The van der Waals surface area contributed by atoms with Crippen molar-refractivity contribution in [1.82, 2.24) is 24.9 Å². The molecule has 20 heavy (non-hydrogen) atoms. The molecule has 0 saturated heterocycles. The number of tetrazole rings is 1. The van der Waals surface area contributed by atoms with Crippen LogP contribution in [0.5, 0.6) is 0 Å². The number of rotatable bonds is 5. The number of aliphatic carboxylic acids is 1. The number of carbonyl (C=O) groups is 2. The highest BCUT2D eigenvalue weighted by atomic mass is 32.2. The summed E-state index contributed by atoms with van der Waals surface area (Å²) in [5, 5.41) is 19.2. The minimum absolute atomic E-state index is 0.160. The molecule has 0 unspecified atom stereocenters. The number of carboxylic acid groups (broad SMARTS) is 1. The molecule has 0 aliphatic rings. The lowest BCUT2D eigenvalue weighted by Gasteiger charge is -2.00. The minimum Gasteiger partial charge on any atom is -0.480 e. The summed E-state index contributed by atoms with van der Waals surface area (Å²) >= 11 is 0.911. The van der Waals surface area contributed by atoms with E-state index in [0.717, 1.165) is 16.4 Å². The van der Waals surface area contributed by atoms with Crippen LogP contribution in [0.3, 0.4) is 0 Å². The summed E-state index contributed by atoms with van der Waals surface area (Å²) in [6.45, 7) is 1.13. The lowest BCUT2D eigenvalue weighted by molar-refractivity contribution is -0.138. The van der Waals surface area contributed by atoms with Crippen molar-refractivity contribution in [2.24, 2.45) is 0 Å². The van der Waals surface area contributed by atoms with Crippen molar-refractivity contribution >= 4 is 23.6 Å². The predicted molar refractivity (Wildman–Crippen MR) is 64.5 cm³/mol. The van der Waals surface area contributed by atoms with E-state index >= 15 is 0 Å². The SMILES string of the molecule is Cc1cc(=O)n(C(=O)CSc2nnnn2CC(=O)O)o1. The topological polar surface area (TPSA) is 133 Å². The Morgan fingerprint density at radius 2 is 2.25 bits per heavy atom. The maximum atomic E-state index is 11.8. The van der Waals surface area contributed by atoms with Crippen molar-refractivity contribution in [2.45, 2.75) is 18.6 Å². The molecule has 0 fully saturated rings. The van der Waals surface area contributed by atoms with Gasteiger partial charge in [0, 0.05) is 6.07 Å². The number of aryl methyl sites for hydroxylation is 1. The Kier molecular flexibility index (Phi) is 3.98. The van der Waals surface area contributed by atoms with E-state index in [1.54, 1.807) is 6.92 Å². The molecule has 0 aromatic carbocycles. The molecule has 11 heteroatoms. The molecule has 0 bridgehead atoms. The minimum atomic E-state index is -1.11. The number of aromatic nitrogens is 5. The van der Waals surface area contributed by atoms with Gasteiger partial charge in [-0.25, -0.2) is 4.68 Å². The van der Waals surface area contributed by atoms with Gasteiger partial charge in [0.2, 0.25) is 5.16 Å². The summed E-state index contributed by atoms with van der Waals surface area (Å²) in [4.78, 5) is 33.7. The van der Waals surface area contributed by atoms with E-state index in [2.05, 4.69) is 15.5 Å². The van der Waals surface area contributed by atoms with Gasteiger partial charge in [0.05, 0.1) is 5.75 Å². The van der Waals surface area contributed by atoms with Gasteiger partial charge in [0.15, 0.2) is 0 Å². The molecule has 2 heterocycles. The standard InChI is InChI=1S/C9H9N5O5S/c1-5-2-6(15)14(19-5)7(16)4-20-9-10-11-12-13(9)3-8(17)18/h2H,3-4H2,1H3,(H,17,18). The van der Waals surface area contributed by atoms with Crippen LogP contribution in [0.4, 0.5) is 0 Å². The summed E-state index contributed by atoms with van der Waals surface area (Å²) in [5.74, 6) is -1.53. The smallest absolute Gasteiger partial charge is 0.325 e. The maximum Gasteiger partial charge on any atom is 0.325 e. The van der Waals surface area contributed by atoms with Crippen LogP contribution in [0.15, 0.2) is 20.5 Å². The van der Waals surface area contributed by atoms with Gasteiger partial charge < -0.3 is 9.63 Å². The lowest BCUT2D eigenvalue weighted by atomic mass is 10.5. The van der Waals surface area contributed by atoms with Gasteiger partial charge in [-0.15, -0.1) is 9.84 Å². The van der Waals surface area contributed by atoms with Gasteiger partial charge in [0.1, 0.15) is 12.3 Å². The summed E-state index contributed by atoms with van der Waals surface area (Å²) < 4.78 is 6.60. The first-order chi connectivity index (χ1) is 9.47. The zero-order valence-electron chi connectivity index (χ0n) is 10.2. The van der Waals surface area contributed by atoms with Crippen LogP contribution < -0.4 is 5.56 Å². The third-order valence-electron chi connectivity index (χ3n) is 2.10. The summed E-state index contributed by atoms with van der Waals surface area (Å²) in [5.41, 5.74) is -0.557. The summed E-state index contributed by atoms with van der Waals surface area (Å²) in [6.07, 6.45) is 0. The first-order valence-corrected chi connectivity index (χ1v) is 6.30. The van der Waals surface area contributed by atoms with Gasteiger partial charge in [0.25, 0.3) is 11.5 Å². The average molecular weight is 299 g/mol. The first-order valence-electron chi connectivity index (χ1n) is 5.31. The van der Waals surface area contributed by atoms with Crippen LogP contribution in [-0.2, 0) is 11.3 Å². The highest BCUT2D eigenvalue weighted by Gasteiger charge is 2.16. The monoisotopic (exact) mass is 299 g/mol. The number of carbonyl (C=O) groups excluding carboxylic acids is 1. The fourth-order valence-electron chi connectivity index (χ4n) is 1.33. The zero-order chi connectivity index (χ0) is 14.7. The number of nitrogens with zero attached hydrogens (tertiary/aromatic N) is 5. The average Bonchev–Trinajstić information content (AvgIpc) is 2.92. The lowest BCUT2D eigenvalue weighted by Crippen LogP contribution is -2.23. The second-order valence-electron chi connectivity index (χ2n) is 3.67. The second kappa shape index (κ2) is 5.69. The molecular formula is C9H9N5O5S. The molecular weight excluding hydrogens is 290 g/mol. The molecule has 10 nitrogen and oxygen atoms in total. The van der Waals surface area contributed by atoms with Crippen LogP contribution in [0.2, 0.25) is 0 Å². The molecule has 2 aromatic rings. The molecule has 1 N–H and O–H groups in total. The fourth-order valence-corrected chi connectivity index (χ4v) is 2.05.